The number of carboxylic acids is 1. The van der Waals surface area contributed by atoms with E-state index in [-0.39, 0.29) is 47.0 Å². The van der Waals surface area contributed by atoms with Gasteiger partial charge in [-0.1, -0.05) is 25.1 Å². The van der Waals surface area contributed by atoms with E-state index in [9.17, 15) is 4.79 Å². The fourth-order valence-electron chi connectivity index (χ4n) is 0.415. The second-order valence-corrected chi connectivity index (χ2v) is 3.29. The van der Waals surface area contributed by atoms with E-state index < -0.39 is 5.97 Å². The molecule has 0 unspecified atom stereocenters. The maximum Gasteiger partial charge on any atom is 2.00 e. The van der Waals surface area contributed by atoms with Crippen molar-refractivity contribution in [3.8, 4) is 0 Å². The first-order chi connectivity index (χ1) is 5.66. The third-order valence-corrected chi connectivity index (χ3v) is 1.75. The molecule has 1 rings (SSSR count). The van der Waals surface area contributed by atoms with E-state index in [1.54, 1.807) is 6.92 Å². The normalized spacial score (nSPS) is 7.54. The molecule has 0 heterocycles. The summed E-state index contributed by atoms with van der Waals surface area (Å²) in [6.07, 6.45) is 0.222. The fraction of sp³-hybridized carbons (Fsp3) is 0.222. The number of rotatable bonds is 1. The first-order valence-corrected chi connectivity index (χ1v) is 4.67. The fourth-order valence-corrected chi connectivity index (χ4v) is 0.830. The van der Waals surface area contributed by atoms with Crippen molar-refractivity contribution in [2.24, 2.45) is 0 Å². The smallest absolute Gasteiger partial charge is 1.00 e. The van der Waals surface area contributed by atoms with Gasteiger partial charge in [-0.15, -0.1) is 0 Å². The van der Waals surface area contributed by atoms with Crippen LogP contribution in [0.4, 0.5) is 0 Å². The summed E-state index contributed by atoms with van der Waals surface area (Å²) in [5.74, 6) is -0.745. The second kappa shape index (κ2) is 10.8. The zero-order valence-electron chi connectivity index (χ0n) is 9.53. The van der Waals surface area contributed by atoms with Crippen LogP contribution in [0, 0.1) is 3.57 Å². The van der Waals surface area contributed by atoms with E-state index in [0.717, 1.165) is 0 Å². The molecule has 0 fully saturated rings. The van der Waals surface area contributed by atoms with Crippen molar-refractivity contribution in [3.05, 3.63) is 33.9 Å². The monoisotopic (exact) mass is 320 g/mol. The Morgan fingerprint density at radius 1 is 1.46 bits per heavy atom. The molecule has 0 spiro atoms. The van der Waals surface area contributed by atoms with Crippen molar-refractivity contribution in [3.63, 3.8) is 0 Å². The maximum atomic E-state index is 9.37. The third kappa shape index (κ3) is 12.7. The van der Waals surface area contributed by atoms with Crippen LogP contribution in [-0.2, 0) is 4.79 Å². The van der Waals surface area contributed by atoms with E-state index in [0.29, 0.717) is 0 Å². The van der Waals surface area contributed by atoms with Crippen LogP contribution in [0.2, 0.25) is 0 Å². The topological polar surface area (TPSA) is 37.3 Å². The minimum absolute atomic E-state index is 0. The molecular weight excluding hydrogens is 307 g/mol. The minimum atomic E-state index is -0.745. The van der Waals surface area contributed by atoms with Crippen molar-refractivity contribution >= 4 is 66.3 Å². The Kier molecular flexibility index (Phi) is 13.3. The molecule has 0 atom stereocenters. The van der Waals surface area contributed by atoms with Gasteiger partial charge in [0, 0.05) is 9.99 Å². The largest absolute Gasteiger partial charge is 2.00 e. The summed E-state index contributed by atoms with van der Waals surface area (Å²) in [5, 5.41) is 7.72. The van der Waals surface area contributed by atoms with Gasteiger partial charge in [0.05, 0.1) is 0 Å². The molecule has 1 aromatic rings. The molecule has 1 N–H and O–H groups in total. The molecule has 0 radical (unpaired) electrons. The summed E-state index contributed by atoms with van der Waals surface area (Å²) in [6.45, 7) is 1.60. The van der Waals surface area contributed by atoms with E-state index in [4.69, 9.17) is 5.11 Å². The van der Waals surface area contributed by atoms with Gasteiger partial charge < -0.3 is 7.96 Å². The number of hydrogen-bond acceptors (Lipinski definition) is 1. The van der Waals surface area contributed by atoms with Crippen molar-refractivity contribution in [2.75, 3.05) is 0 Å². The molecule has 0 bridgehead atoms. The van der Waals surface area contributed by atoms with Crippen LogP contribution >= 0.6 is 22.6 Å². The van der Waals surface area contributed by atoms with Gasteiger partial charge in [-0.05, 0) is 34.7 Å². The Balaban J connectivity index is -0.0000000701. The van der Waals surface area contributed by atoms with Gasteiger partial charge in [0.15, 0.2) is 0 Å². The van der Waals surface area contributed by atoms with E-state index in [1.165, 1.54) is 3.57 Å². The van der Waals surface area contributed by atoms with Crippen LogP contribution in [0.5, 0.6) is 0 Å². The first kappa shape index (κ1) is 16.1. The Labute approximate surface area is 125 Å². The molecule has 70 valence electrons. The number of carboxylic acid groups (broad SMARTS) is 1. The molecule has 2 nitrogen and oxygen atoms in total. The molecule has 13 heavy (non-hydrogen) atoms. The second-order valence-electron chi connectivity index (χ2n) is 2.04. The zero-order valence-corrected chi connectivity index (χ0v) is 11.9. The van der Waals surface area contributed by atoms with Gasteiger partial charge in [0.2, 0.25) is 0 Å². The molecule has 0 aromatic heterocycles. The predicted molar refractivity (Wildman–Crippen MR) is 65.1 cm³/mol. The summed E-state index contributed by atoms with van der Waals surface area (Å²) >= 11 is 2.28. The molecule has 0 saturated carbocycles. The molecule has 0 aliphatic rings. The summed E-state index contributed by atoms with van der Waals surface area (Å²) in [6, 6.07) is 10.2. The van der Waals surface area contributed by atoms with Crippen LogP contribution in [0.15, 0.2) is 30.3 Å². The molecule has 0 aliphatic heterocycles. The number of carbonyl (C=O) groups is 1. The molecule has 1 aromatic carbocycles. The molecular formula is C9H13CaIO2. The number of halogens is 1. The number of hydrogen-bond donors (Lipinski definition) is 1. The number of benzene rings is 1. The van der Waals surface area contributed by atoms with Crippen molar-refractivity contribution in [2.45, 2.75) is 13.3 Å². The van der Waals surface area contributed by atoms with Gasteiger partial charge in [-0.3, -0.25) is 4.79 Å². The quantitative estimate of drug-likeness (QED) is 0.638. The van der Waals surface area contributed by atoms with E-state index in [2.05, 4.69) is 34.7 Å². The average Bonchev–Trinajstić information content (AvgIpc) is 2.07. The van der Waals surface area contributed by atoms with Gasteiger partial charge >= 0.3 is 43.7 Å². The average molecular weight is 320 g/mol. The van der Waals surface area contributed by atoms with Gasteiger partial charge in [-0.2, -0.15) is 0 Å². The summed E-state index contributed by atoms with van der Waals surface area (Å²) in [7, 11) is 0. The molecule has 0 aliphatic carbocycles. The van der Waals surface area contributed by atoms with Crippen LogP contribution in [0.25, 0.3) is 0 Å². The maximum absolute atomic E-state index is 9.37. The molecule has 4 heteroatoms. The van der Waals surface area contributed by atoms with Gasteiger partial charge in [0.1, 0.15) is 0 Å². The predicted octanol–water partition coefficient (Wildman–Crippen LogP) is 2.62. The van der Waals surface area contributed by atoms with Crippen LogP contribution in [-0.4, -0.2) is 48.8 Å². The number of aliphatic carboxylic acids is 1. The van der Waals surface area contributed by atoms with Gasteiger partial charge in [0.25, 0.3) is 0 Å². The minimum Gasteiger partial charge on any atom is -1.00 e. The Hall–Kier alpha value is 0.680. The summed E-state index contributed by atoms with van der Waals surface area (Å²) < 4.78 is 1.29. The summed E-state index contributed by atoms with van der Waals surface area (Å²) in [5.41, 5.74) is 0. The van der Waals surface area contributed by atoms with Crippen molar-refractivity contribution < 1.29 is 12.8 Å². The molecule has 0 amide bonds. The standard InChI is InChI=1S/C6H5I.C3H6O2.Ca.2H/c7-6-4-2-1-3-5-6;1-2-3(4)5;;;/h1-5H;2H2,1H3,(H,4,5);;;/q;;+2;2*-1. The van der Waals surface area contributed by atoms with Gasteiger partial charge in [-0.25, -0.2) is 0 Å². The molecule has 0 saturated heterocycles. The SMILES string of the molecule is CCC(=O)O.Ic1ccccc1.[Ca+2].[H-].[H-]. The Morgan fingerprint density at radius 2 is 1.85 bits per heavy atom. The van der Waals surface area contributed by atoms with Crippen molar-refractivity contribution in [1.82, 2.24) is 0 Å². The van der Waals surface area contributed by atoms with Crippen molar-refractivity contribution in [1.29, 1.82) is 0 Å². The Morgan fingerprint density at radius 3 is 2.00 bits per heavy atom. The first-order valence-electron chi connectivity index (χ1n) is 3.59. The zero-order chi connectivity index (χ0) is 9.40. The summed E-state index contributed by atoms with van der Waals surface area (Å²) in [4.78, 5) is 9.37. The van der Waals surface area contributed by atoms with Crippen LogP contribution in [0.1, 0.15) is 16.2 Å². The third-order valence-electron chi connectivity index (χ3n) is 1.04. The van der Waals surface area contributed by atoms with E-state index >= 15 is 0 Å². The van der Waals surface area contributed by atoms with Crippen LogP contribution in [0.3, 0.4) is 0 Å². The van der Waals surface area contributed by atoms with E-state index in [1.807, 2.05) is 18.2 Å². The van der Waals surface area contributed by atoms with Crippen LogP contribution < -0.4 is 0 Å². The Bertz CT molecular complexity index is 235.